The van der Waals surface area contributed by atoms with E-state index in [2.05, 4.69) is 22.5 Å². The van der Waals surface area contributed by atoms with Gasteiger partial charge in [0.2, 0.25) is 35.4 Å². The molecule has 0 aliphatic carbocycles. The Morgan fingerprint density at radius 2 is 1.63 bits per heavy atom. The predicted molar refractivity (Wildman–Crippen MR) is 207 cm³/mol. The van der Waals surface area contributed by atoms with Crippen molar-refractivity contribution in [2.24, 2.45) is 0 Å². The van der Waals surface area contributed by atoms with Crippen LogP contribution in [0.15, 0.2) is 43.0 Å². The van der Waals surface area contributed by atoms with E-state index >= 15 is 0 Å². The number of likely N-dealkylation sites (N-methyl/N-ethyl adjacent to an activating group) is 2. The maximum Gasteiger partial charge on any atom is 0.328 e. The number of carbonyl (C=O) groups is 8. The monoisotopic (exact) mass is 829 g/mol. The quantitative estimate of drug-likeness (QED) is 0.104. The molecule has 3 N–H and O–H groups in total. The maximum absolute atomic E-state index is 14.4. The summed E-state index contributed by atoms with van der Waals surface area (Å²) in [5.41, 5.74) is 0.00813. The molecule has 6 atom stereocenters. The Morgan fingerprint density at radius 1 is 0.983 bits per heavy atom. The average molecular weight is 830 g/mol. The van der Waals surface area contributed by atoms with Crippen LogP contribution in [0.2, 0.25) is 0 Å². The minimum absolute atomic E-state index is 0.00813. The molecular weight excluding hydrogens is 776 g/mol. The molecule has 3 saturated heterocycles. The SMILES string of the molecule is C=CCC/C=C/C(=O)N[C@@H](Cc1cc(F)cc(F)c1)C(=O)N[C@H]1COC(=O)[C@@H]2CCCN2C(=O)[C@H](C)NC(=O)[C@H](COC(=O)CN(C)C)N(C)C(=O)[C@@H]2CCCN2C1=O. The van der Waals surface area contributed by atoms with E-state index in [0.29, 0.717) is 31.7 Å². The number of carbonyl (C=O) groups excluding carboxylic acids is 8. The summed E-state index contributed by atoms with van der Waals surface area (Å²) in [5, 5.41) is 7.61. The summed E-state index contributed by atoms with van der Waals surface area (Å²) in [7, 11) is 4.57. The third kappa shape index (κ3) is 12.6. The lowest BCUT2D eigenvalue weighted by molar-refractivity contribution is -0.158. The van der Waals surface area contributed by atoms with Crippen LogP contribution < -0.4 is 16.0 Å². The Balaban J connectivity index is 1.69. The summed E-state index contributed by atoms with van der Waals surface area (Å²) in [6.07, 6.45) is 6.06. The van der Waals surface area contributed by atoms with Crippen molar-refractivity contribution >= 4 is 47.4 Å². The Bertz CT molecular complexity index is 1790. The first-order valence-electron chi connectivity index (χ1n) is 19.5. The van der Waals surface area contributed by atoms with Gasteiger partial charge in [-0.2, -0.15) is 0 Å². The summed E-state index contributed by atoms with van der Waals surface area (Å²) in [5.74, 6) is -8.14. The lowest BCUT2D eigenvalue weighted by atomic mass is 10.0. The second-order valence-corrected chi connectivity index (χ2v) is 15.0. The number of halogens is 2. The second-order valence-electron chi connectivity index (χ2n) is 15.0. The zero-order valence-electron chi connectivity index (χ0n) is 33.7. The van der Waals surface area contributed by atoms with E-state index in [4.69, 9.17) is 9.47 Å². The molecule has 3 aliphatic rings. The van der Waals surface area contributed by atoms with Crippen LogP contribution >= 0.6 is 0 Å². The normalized spacial score (nSPS) is 23.7. The molecule has 19 heteroatoms. The molecule has 0 unspecified atom stereocenters. The molecule has 0 spiro atoms. The van der Waals surface area contributed by atoms with Crippen LogP contribution in [0.1, 0.15) is 51.0 Å². The number of hydrogen-bond acceptors (Lipinski definition) is 11. The topological polar surface area (TPSA) is 204 Å². The fraction of sp³-hybridized carbons (Fsp3) is 0.550. The van der Waals surface area contributed by atoms with E-state index < -0.39 is 115 Å². The van der Waals surface area contributed by atoms with Gasteiger partial charge in [-0.25, -0.2) is 13.6 Å². The molecule has 3 aliphatic heterocycles. The van der Waals surface area contributed by atoms with Gasteiger partial charge in [0.05, 0.1) is 6.54 Å². The van der Waals surface area contributed by atoms with E-state index in [0.717, 1.165) is 17.0 Å². The minimum Gasteiger partial charge on any atom is -0.462 e. The number of rotatable bonds is 13. The van der Waals surface area contributed by atoms with Gasteiger partial charge in [-0.3, -0.25) is 38.5 Å². The number of unbranched alkanes of at least 4 members (excludes halogenated alkanes) is 1. The fourth-order valence-corrected chi connectivity index (χ4v) is 7.12. The van der Waals surface area contributed by atoms with E-state index in [1.807, 2.05) is 0 Å². The summed E-state index contributed by atoms with van der Waals surface area (Å²) in [4.78, 5) is 114. The van der Waals surface area contributed by atoms with E-state index in [-0.39, 0.29) is 38.0 Å². The zero-order valence-corrected chi connectivity index (χ0v) is 33.7. The number of nitrogens with one attached hydrogen (secondary N) is 3. The van der Waals surface area contributed by atoms with Crippen LogP contribution in [0.5, 0.6) is 0 Å². The molecule has 17 nitrogen and oxygen atoms in total. The van der Waals surface area contributed by atoms with E-state index in [1.165, 1.54) is 29.8 Å². The molecule has 1 aromatic rings. The van der Waals surface area contributed by atoms with Crippen molar-refractivity contribution in [3.63, 3.8) is 0 Å². The highest BCUT2D eigenvalue weighted by Gasteiger charge is 2.44. The van der Waals surface area contributed by atoms with E-state index in [9.17, 15) is 47.1 Å². The molecule has 4 rings (SSSR count). The van der Waals surface area contributed by atoms with Gasteiger partial charge in [-0.1, -0.05) is 12.2 Å². The van der Waals surface area contributed by atoms with Crippen molar-refractivity contribution in [3.8, 4) is 0 Å². The number of ether oxygens (including phenoxy) is 2. The number of cyclic esters (lactones) is 1. The molecule has 0 saturated carbocycles. The third-order valence-corrected chi connectivity index (χ3v) is 10.1. The lowest BCUT2D eigenvalue weighted by Gasteiger charge is -2.35. The number of benzene rings is 1. The summed E-state index contributed by atoms with van der Waals surface area (Å²) in [6, 6.07) is -5.45. The number of amides is 6. The molecule has 6 amide bonds. The van der Waals surface area contributed by atoms with Crippen LogP contribution in [0, 0.1) is 11.6 Å². The van der Waals surface area contributed by atoms with Gasteiger partial charge in [0.25, 0.3) is 0 Å². The second kappa shape index (κ2) is 21.3. The predicted octanol–water partition coefficient (Wildman–Crippen LogP) is -0.0254. The number of nitrogens with zero attached hydrogens (tertiary/aromatic N) is 4. The van der Waals surface area contributed by atoms with Crippen molar-refractivity contribution in [1.29, 1.82) is 0 Å². The lowest BCUT2D eigenvalue weighted by Crippen LogP contribution is -2.61. The van der Waals surface area contributed by atoms with Crippen molar-refractivity contribution in [2.75, 3.05) is 54.0 Å². The first-order valence-corrected chi connectivity index (χ1v) is 19.5. The number of esters is 2. The molecule has 322 valence electrons. The van der Waals surface area contributed by atoms with Crippen LogP contribution in [0.3, 0.4) is 0 Å². The van der Waals surface area contributed by atoms with E-state index in [1.54, 1.807) is 31.1 Å². The Kier molecular flexibility index (Phi) is 16.6. The number of hydrogen-bond donors (Lipinski definition) is 3. The van der Waals surface area contributed by atoms with Gasteiger partial charge < -0.3 is 40.1 Å². The average Bonchev–Trinajstić information content (AvgIpc) is 3.87. The van der Waals surface area contributed by atoms with Crippen molar-refractivity contribution in [1.82, 2.24) is 35.6 Å². The fourth-order valence-electron chi connectivity index (χ4n) is 7.12. The molecule has 0 radical (unpaired) electrons. The van der Waals surface area contributed by atoms with Gasteiger partial charge in [0, 0.05) is 32.6 Å². The van der Waals surface area contributed by atoms with Gasteiger partial charge in [0.1, 0.15) is 61.1 Å². The van der Waals surface area contributed by atoms with Crippen molar-refractivity contribution < 1.29 is 56.6 Å². The zero-order chi connectivity index (χ0) is 43.4. The standard InChI is InChI=1S/C40H53F2N7O10/c1-6-7-8-9-14-33(50)44-28(19-25-17-26(41)20-27(42)18-25)35(52)45-29-22-59-40(57)31-13-11-16-49(31)37(54)24(2)43-36(53)32(23-58-34(51)21-46(3)4)47(5)39(56)30-12-10-15-48(30)38(29)55/h6,9,14,17-18,20,24,28-32H,1,7-8,10-13,15-16,19,21-23H2,2-5H3,(H,43,53)(H,44,50)(H,45,52)/b14-9+/t24-,28-,29-,30-,31-,32-/m0/s1. The maximum atomic E-state index is 14.4. The highest BCUT2D eigenvalue weighted by atomic mass is 19.1. The van der Waals surface area contributed by atoms with Gasteiger partial charge in [-0.05, 0) is 83.3 Å². The highest BCUT2D eigenvalue weighted by Crippen LogP contribution is 2.24. The Hall–Kier alpha value is -5.72. The molecule has 1 aromatic carbocycles. The highest BCUT2D eigenvalue weighted by molar-refractivity contribution is 5.98. The smallest absolute Gasteiger partial charge is 0.328 e. The Labute approximate surface area is 341 Å². The molecular formula is C40H53F2N7O10. The molecule has 0 bridgehead atoms. The molecule has 0 aromatic heterocycles. The van der Waals surface area contributed by atoms with Crippen LogP contribution in [-0.2, 0) is 54.3 Å². The first kappa shape index (κ1) is 46.0. The summed E-state index contributed by atoms with van der Waals surface area (Å²) in [6.45, 7) is 3.75. The van der Waals surface area contributed by atoms with Crippen molar-refractivity contribution in [2.45, 2.75) is 88.1 Å². The number of fused-ring (bicyclic) bond motifs is 2. The van der Waals surface area contributed by atoms with Crippen LogP contribution in [0.4, 0.5) is 8.78 Å². The van der Waals surface area contributed by atoms with Gasteiger partial charge in [0.15, 0.2) is 0 Å². The van der Waals surface area contributed by atoms with Crippen LogP contribution in [0.25, 0.3) is 0 Å². The van der Waals surface area contributed by atoms with Crippen molar-refractivity contribution in [3.05, 3.63) is 60.2 Å². The molecule has 3 fully saturated rings. The summed E-state index contributed by atoms with van der Waals surface area (Å²) < 4.78 is 39.4. The van der Waals surface area contributed by atoms with Crippen LogP contribution in [-0.4, -0.2) is 157 Å². The minimum atomic E-state index is -1.65. The van der Waals surface area contributed by atoms with Gasteiger partial charge >= 0.3 is 11.9 Å². The first-order chi connectivity index (χ1) is 28.0. The summed E-state index contributed by atoms with van der Waals surface area (Å²) >= 11 is 0. The molecule has 3 heterocycles. The number of allylic oxidation sites excluding steroid dienone is 2. The van der Waals surface area contributed by atoms with Gasteiger partial charge in [-0.15, -0.1) is 6.58 Å². The molecule has 59 heavy (non-hydrogen) atoms. The largest absolute Gasteiger partial charge is 0.462 e. The third-order valence-electron chi connectivity index (χ3n) is 10.1. The Morgan fingerprint density at radius 3 is 2.27 bits per heavy atom.